The van der Waals surface area contributed by atoms with Gasteiger partial charge in [-0.25, -0.2) is 0 Å². The number of aromatic nitrogens is 1. The van der Waals surface area contributed by atoms with Crippen molar-refractivity contribution in [1.29, 1.82) is 0 Å². The van der Waals surface area contributed by atoms with Crippen molar-refractivity contribution < 1.29 is 13.2 Å². The van der Waals surface area contributed by atoms with E-state index < -0.39 is 17.8 Å². The Labute approximate surface area is 129 Å². The molecule has 2 N–H and O–H groups in total. The van der Waals surface area contributed by atoms with Crippen molar-refractivity contribution in [2.24, 2.45) is 5.73 Å². The number of hydrogen-bond acceptors (Lipinski definition) is 2. The van der Waals surface area contributed by atoms with Crippen LogP contribution in [0.4, 0.5) is 13.2 Å². The Bertz CT molecular complexity index is 614. The summed E-state index contributed by atoms with van der Waals surface area (Å²) in [6.07, 6.45) is -2.75. The van der Waals surface area contributed by atoms with E-state index in [1.54, 1.807) is 12.3 Å². The molecule has 0 fully saturated rings. The summed E-state index contributed by atoms with van der Waals surface area (Å²) in [6.45, 7) is 1.85. The van der Waals surface area contributed by atoms with Gasteiger partial charge in [0.15, 0.2) is 0 Å². The average Bonchev–Trinajstić information content (AvgIpc) is 2.46. The van der Waals surface area contributed by atoms with Crippen molar-refractivity contribution in [3.05, 3.63) is 63.9 Å². The molecule has 112 valence electrons. The summed E-state index contributed by atoms with van der Waals surface area (Å²) in [5.74, 6) is -0.203. The highest BCUT2D eigenvalue weighted by Crippen LogP contribution is 2.36. The second-order valence-corrected chi connectivity index (χ2v) is 5.66. The second kappa shape index (κ2) is 6.15. The van der Waals surface area contributed by atoms with Crippen LogP contribution in [0.15, 0.2) is 47.1 Å². The van der Waals surface area contributed by atoms with E-state index in [1.165, 1.54) is 6.07 Å². The molecule has 2 nitrogen and oxygen atoms in total. The highest BCUT2D eigenvalue weighted by molar-refractivity contribution is 9.10. The predicted octanol–water partition coefficient (Wildman–Crippen LogP) is 4.67. The van der Waals surface area contributed by atoms with E-state index in [9.17, 15) is 13.2 Å². The van der Waals surface area contributed by atoms with Crippen LogP contribution in [-0.4, -0.2) is 4.98 Å². The van der Waals surface area contributed by atoms with Gasteiger partial charge in [0, 0.05) is 28.3 Å². The zero-order valence-electron chi connectivity index (χ0n) is 11.2. The van der Waals surface area contributed by atoms with Crippen LogP contribution in [0.1, 0.15) is 35.7 Å². The highest BCUT2D eigenvalue weighted by atomic mass is 79.9. The molecule has 0 radical (unpaired) electrons. The SMILES string of the molecule is CC(c1ccccn1)C(N)c1cc(C(F)(F)F)ccc1Br. The van der Waals surface area contributed by atoms with Crippen LogP contribution < -0.4 is 5.73 Å². The van der Waals surface area contributed by atoms with Crippen molar-refractivity contribution in [3.8, 4) is 0 Å². The molecule has 21 heavy (non-hydrogen) atoms. The average molecular weight is 359 g/mol. The number of halogens is 4. The van der Waals surface area contributed by atoms with E-state index in [-0.39, 0.29) is 5.92 Å². The number of rotatable bonds is 3. The number of benzene rings is 1. The molecule has 2 unspecified atom stereocenters. The van der Waals surface area contributed by atoms with Gasteiger partial charge in [0.25, 0.3) is 0 Å². The van der Waals surface area contributed by atoms with Gasteiger partial charge in [-0.05, 0) is 35.9 Å². The molecule has 0 aliphatic carbocycles. The van der Waals surface area contributed by atoms with E-state index in [4.69, 9.17) is 5.73 Å². The van der Waals surface area contributed by atoms with Crippen LogP contribution in [0.5, 0.6) is 0 Å². The number of alkyl halides is 3. The molecule has 0 saturated carbocycles. The van der Waals surface area contributed by atoms with Gasteiger partial charge in [0.1, 0.15) is 0 Å². The Morgan fingerprint density at radius 2 is 1.90 bits per heavy atom. The number of hydrogen-bond donors (Lipinski definition) is 1. The maximum Gasteiger partial charge on any atom is 0.416 e. The molecule has 0 aliphatic rings. The summed E-state index contributed by atoms with van der Waals surface area (Å²) >= 11 is 3.27. The third kappa shape index (κ3) is 3.63. The maximum absolute atomic E-state index is 12.8. The zero-order valence-corrected chi connectivity index (χ0v) is 12.8. The van der Waals surface area contributed by atoms with Gasteiger partial charge in [-0.15, -0.1) is 0 Å². The van der Waals surface area contributed by atoms with Gasteiger partial charge < -0.3 is 5.73 Å². The smallest absolute Gasteiger partial charge is 0.323 e. The molecular weight excluding hydrogens is 345 g/mol. The number of nitrogens with two attached hydrogens (primary N) is 1. The van der Waals surface area contributed by atoms with E-state index in [1.807, 2.05) is 19.1 Å². The lowest BCUT2D eigenvalue weighted by molar-refractivity contribution is -0.137. The lowest BCUT2D eigenvalue weighted by Crippen LogP contribution is -2.20. The first kappa shape index (κ1) is 16.0. The fourth-order valence-corrected chi connectivity index (χ4v) is 2.59. The monoisotopic (exact) mass is 358 g/mol. The molecule has 1 heterocycles. The van der Waals surface area contributed by atoms with Crippen molar-refractivity contribution in [2.75, 3.05) is 0 Å². The minimum Gasteiger partial charge on any atom is -0.323 e. The van der Waals surface area contributed by atoms with E-state index in [0.29, 0.717) is 10.0 Å². The van der Waals surface area contributed by atoms with Gasteiger partial charge in [0.05, 0.1) is 5.56 Å². The lowest BCUT2D eigenvalue weighted by atomic mass is 9.91. The Kier molecular flexibility index (Phi) is 4.68. The molecule has 2 aromatic rings. The lowest BCUT2D eigenvalue weighted by Gasteiger charge is -2.22. The summed E-state index contributed by atoms with van der Waals surface area (Å²) in [5, 5.41) is 0. The Morgan fingerprint density at radius 3 is 2.48 bits per heavy atom. The van der Waals surface area contributed by atoms with Crippen molar-refractivity contribution >= 4 is 15.9 Å². The van der Waals surface area contributed by atoms with Gasteiger partial charge in [0.2, 0.25) is 0 Å². The third-order valence-electron chi connectivity index (χ3n) is 3.38. The maximum atomic E-state index is 12.8. The number of nitrogens with zero attached hydrogens (tertiary/aromatic N) is 1. The van der Waals surface area contributed by atoms with Gasteiger partial charge in [-0.2, -0.15) is 13.2 Å². The predicted molar refractivity (Wildman–Crippen MR) is 78.7 cm³/mol. The molecule has 0 spiro atoms. The quantitative estimate of drug-likeness (QED) is 0.865. The fraction of sp³-hybridized carbons (Fsp3) is 0.267. The zero-order chi connectivity index (χ0) is 15.6. The van der Waals surface area contributed by atoms with Crippen LogP contribution in [0, 0.1) is 0 Å². The van der Waals surface area contributed by atoms with Crippen LogP contribution in [0.2, 0.25) is 0 Å². The number of pyridine rings is 1. The summed E-state index contributed by atoms with van der Waals surface area (Å²) < 4.78 is 39.0. The minimum atomic E-state index is -4.39. The summed E-state index contributed by atoms with van der Waals surface area (Å²) in [6, 6.07) is 8.33. The first-order valence-electron chi connectivity index (χ1n) is 6.34. The summed E-state index contributed by atoms with van der Waals surface area (Å²) in [4.78, 5) is 4.21. The van der Waals surface area contributed by atoms with E-state index in [2.05, 4.69) is 20.9 Å². The van der Waals surface area contributed by atoms with Crippen molar-refractivity contribution in [1.82, 2.24) is 4.98 Å². The first-order chi connectivity index (χ1) is 9.80. The fourth-order valence-electron chi connectivity index (χ4n) is 2.07. The Hall–Kier alpha value is -1.40. The molecule has 2 rings (SSSR count). The molecule has 1 aromatic heterocycles. The van der Waals surface area contributed by atoms with Gasteiger partial charge >= 0.3 is 6.18 Å². The second-order valence-electron chi connectivity index (χ2n) is 4.80. The minimum absolute atomic E-state index is 0.203. The first-order valence-corrected chi connectivity index (χ1v) is 7.13. The largest absolute Gasteiger partial charge is 0.416 e. The Balaban J connectivity index is 2.37. The molecule has 0 aliphatic heterocycles. The topological polar surface area (TPSA) is 38.9 Å². The molecule has 2 atom stereocenters. The van der Waals surface area contributed by atoms with Crippen LogP contribution >= 0.6 is 15.9 Å². The van der Waals surface area contributed by atoms with E-state index in [0.717, 1.165) is 17.8 Å². The van der Waals surface area contributed by atoms with Crippen molar-refractivity contribution in [2.45, 2.75) is 25.1 Å². The molecular formula is C15H14BrF3N2. The normalized spacial score (nSPS) is 14.8. The van der Waals surface area contributed by atoms with E-state index >= 15 is 0 Å². The molecule has 0 bridgehead atoms. The van der Waals surface area contributed by atoms with Crippen molar-refractivity contribution in [3.63, 3.8) is 0 Å². The van der Waals surface area contributed by atoms with Crippen LogP contribution in [0.3, 0.4) is 0 Å². The Morgan fingerprint density at radius 1 is 1.19 bits per heavy atom. The highest BCUT2D eigenvalue weighted by Gasteiger charge is 2.32. The van der Waals surface area contributed by atoms with Gasteiger partial charge in [-0.3, -0.25) is 4.98 Å². The standard InChI is InChI=1S/C15H14BrF3N2/c1-9(13-4-2-3-7-21-13)14(20)11-8-10(15(17,18)19)5-6-12(11)16/h2-9,14H,20H2,1H3. The molecule has 1 aromatic carbocycles. The van der Waals surface area contributed by atoms with Crippen LogP contribution in [0.25, 0.3) is 0 Å². The molecule has 6 heteroatoms. The van der Waals surface area contributed by atoms with Gasteiger partial charge in [-0.1, -0.05) is 28.9 Å². The third-order valence-corrected chi connectivity index (χ3v) is 4.10. The molecule has 0 amide bonds. The summed E-state index contributed by atoms with van der Waals surface area (Å²) in [7, 11) is 0. The summed E-state index contributed by atoms with van der Waals surface area (Å²) in [5.41, 5.74) is 6.61. The molecule has 0 saturated heterocycles. The van der Waals surface area contributed by atoms with Crippen LogP contribution in [-0.2, 0) is 6.18 Å².